The van der Waals surface area contributed by atoms with E-state index < -0.39 is 0 Å². The summed E-state index contributed by atoms with van der Waals surface area (Å²) in [6.07, 6.45) is 4.75. The van der Waals surface area contributed by atoms with E-state index in [1.54, 1.807) is 30.3 Å². The lowest BCUT2D eigenvalue weighted by Gasteiger charge is -2.39. The Hall–Kier alpha value is -4.01. The number of aromatic amines is 1. The lowest BCUT2D eigenvalue weighted by molar-refractivity contribution is -0.137. The minimum absolute atomic E-state index is 0.0526. The van der Waals surface area contributed by atoms with Crippen LogP contribution in [0.5, 0.6) is 0 Å². The number of benzene rings is 1. The van der Waals surface area contributed by atoms with Crippen LogP contribution in [0.2, 0.25) is 0 Å². The van der Waals surface area contributed by atoms with Gasteiger partial charge in [0.2, 0.25) is 5.91 Å². The van der Waals surface area contributed by atoms with E-state index in [-0.39, 0.29) is 23.5 Å². The molecule has 36 heavy (non-hydrogen) atoms. The number of rotatable bonds is 5. The number of piperazine rings is 1. The van der Waals surface area contributed by atoms with E-state index >= 15 is 0 Å². The van der Waals surface area contributed by atoms with Gasteiger partial charge in [0, 0.05) is 74.4 Å². The lowest BCUT2D eigenvalue weighted by Crippen LogP contribution is -2.52. The number of pyridine rings is 1. The number of amides is 2. The van der Waals surface area contributed by atoms with Crippen LogP contribution >= 0.6 is 0 Å². The molecule has 2 aromatic heterocycles. The van der Waals surface area contributed by atoms with Crippen molar-refractivity contribution in [1.29, 1.82) is 0 Å². The maximum atomic E-state index is 13.2. The third kappa shape index (κ3) is 5.00. The predicted molar refractivity (Wildman–Crippen MR) is 136 cm³/mol. The molecule has 9 nitrogen and oxygen atoms in total. The molecule has 9 heteroatoms. The molecule has 0 spiro atoms. The summed E-state index contributed by atoms with van der Waals surface area (Å²) in [4.78, 5) is 47.7. The highest BCUT2D eigenvalue weighted by molar-refractivity contribution is 5.94. The molecule has 1 N–H and O–H groups in total. The first-order chi connectivity index (χ1) is 17.5. The van der Waals surface area contributed by atoms with E-state index in [1.165, 1.54) is 0 Å². The summed E-state index contributed by atoms with van der Waals surface area (Å²) >= 11 is 0. The molecular formula is C27H30N6O3. The van der Waals surface area contributed by atoms with Crippen molar-refractivity contribution in [3.8, 4) is 11.3 Å². The fourth-order valence-corrected chi connectivity index (χ4v) is 4.94. The van der Waals surface area contributed by atoms with Gasteiger partial charge in [0.1, 0.15) is 5.69 Å². The normalized spacial score (nSPS) is 16.8. The predicted octanol–water partition coefficient (Wildman–Crippen LogP) is 2.88. The van der Waals surface area contributed by atoms with Gasteiger partial charge in [-0.3, -0.25) is 24.5 Å². The van der Waals surface area contributed by atoms with Crippen molar-refractivity contribution < 1.29 is 14.4 Å². The molecule has 0 aliphatic carbocycles. The van der Waals surface area contributed by atoms with E-state index in [4.69, 9.17) is 0 Å². The van der Waals surface area contributed by atoms with Crippen LogP contribution in [0.15, 0.2) is 54.9 Å². The van der Waals surface area contributed by atoms with Crippen LogP contribution in [0.1, 0.15) is 40.6 Å². The van der Waals surface area contributed by atoms with Crippen molar-refractivity contribution >= 4 is 23.3 Å². The molecule has 4 heterocycles. The fourth-order valence-electron chi connectivity index (χ4n) is 4.94. The highest BCUT2D eigenvalue weighted by Crippen LogP contribution is 2.24. The molecule has 186 valence electrons. The third-order valence-electron chi connectivity index (χ3n) is 7.13. The van der Waals surface area contributed by atoms with Crippen LogP contribution in [0, 0.1) is 5.92 Å². The first-order valence-corrected chi connectivity index (χ1v) is 12.4. The smallest absolute Gasteiger partial charge is 0.271 e. The SMILES string of the molecule is CC(=O)c1ccc(N2CCN(C(=O)C3CCN(C(=O)c4cc(-c5cccnc5)n[nH]4)CC3)CC2)cc1. The minimum atomic E-state index is -0.0899. The van der Waals surface area contributed by atoms with Gasteiger partial charge in [-0.05, 0) is 62.2 Å². The molecular weight excluding hydrogens is 456 g/mol. The number of aromatic nitrogens is 3. The summed E-state index contributed by atoms with van der Waals surface area (Å²) in [5.74, 6) is 0.106. The van der Waals surface area contributed by atoms with Crippen molar-refractivity contribution in [2.45, 2.75) is 19.8 Å². The zero-order valence-electron chi connectivity index (χ0n) is 20.4. The maximum Gasteiger partial charge on any atom is 0.271 e. The van der Waals surface area contributed by atoms with Crippen molar-refractivity contribution in [2.75, 3.05) is 44.2 Å². The van der Waals surface area contributed by atoms with E-state index in [1.807, 2.05) is 41.3 Å². The monoisotopic (exact) mass is 486 g/mol. The Bertz CT molecular complexity index is 1220. The van der Waals surface area contributed by atoms with Gasteiger partial charge in [-0.1, -0.05) is 0 Å². The number of likely N-dealkylation sites (tertiary alicyclic amines) is 1. The molecule has 0 atom stereocenters. The van der Waals surface area contributed by atoms with Gasteiger partial charge in [0.15, 0.2) is 5.78 Å². The number of hydrogen-bond donors (Lipinski definition) is 1. The van der Waals surface area contributed by atoms with Gasteiger partial charge < -0.3 is 14.7 Å². The summed E-state index contributed by atoms with van der Waals surface area (Å²) in [5.41, 5.74) is 3.77. The maximum absolute atomic E-state index is 13.2. The number of ketones is 1. The van der Waals surface area contributed by atoms with Gasteiger partial charge in [0.05, 0.1) is 5.69 Å². The number of H-pyrrole nitrogens is 1. The van der Waals surface area contributed by atoms with Crippen LogP contribution in [0.3, 0.4) is 0 Å². The van der Waals surface area contributed by atoms with Crippen LogP contribution in [-0.4, -0.2) is 81.8 Å². The van der Waals surface area contributed by atoms with Gasteiger partial charge in [0.25, 0.3) is 5.91 Å². The number of carbonyl (C=O) groups excluding carboxylic acids is 3. The zero-order valence-corrected chi connectivity index (χ0v) is 20.4. The second-order valence-electron chi connectivity index (χ2n) is 9.39. The molecule has 0 bridgehead atoms. The number of hydrogen-bond acceptors (Lipinski definition) is 6. The highest BCUT2D eigenvalue weighted by atomic mass is 16.2. The minimum Gasteiger partial charge on any atom is -0.368 e. The van der Waals surface area contributed by atoms with Gasteiger partial charge in [-0.25, -0.2) is 0 Å². The Morgan fingerprint density at radius 1 is 0.917 bits per heavy atom. The second-order valence-corrected chi connectivity index (χ2v) is 9.39. The molecule has 2 amide bonds. The highest BCUT2D eigenvalue weighted by Gasteiger charge is 2.32. The largest absolute Gasteiger partial charge is 0.368 e. The van der Waals surface area contributed by atoms with Crippen LogP contribution in [0.25, 0.3) is 11.3 Å². The summed E-state index contributed by atoms with van der Waals surface area (Å²) in [6.45, 7) is 5.56. The topological polar surface area (TPSA) is 102 Å². The first-order valence-electron chi connectivity index (χ1n) is 12.4. The lowest BCUT2D eigenvalue weighted by atomic mass is 9.94. The zero-order chi connectivity index (χ0) is 25.1. The number of carbonyl (C=O) groups is 3. The van der Waals surface area contributed by atoms with Gasteiger partial charge >= 0.3 is 0 Å². The molecule has 0 unspecified atom stereocenters. The van der Waals surface area contributed by atoms with Crippen LogP contribution in [-0.2, 0) is 4.79 Å². The molecule has 2 aliphatic rings. The Morgan fingerprint density at radius 3 is 2.28 bits per heavy atom. The Labute approximate surface area is 210 Å². The Morgan fingerprint density at radius 2 is 1.64 bits per heavy atom. The number of nitrogens with one attached hydrogen (secondary N) is 1. The van der Waals surface area contributed by atoms with Crippen molar-refractivity contribution in [3.05, 3.63) is 66.1 Å². The third-order valence-corrected chi connectivity index (χ3v) is 7.13. The summed E-state index contributed by atoms with van der Waals surface area (Å²) in [5, 5.41) is 7.10. The summed E-state index contributed by atoms with van der Waals surface area (Å²) in [6, 6.07) is 13.1. The molecule has 2 aliphatic heterocycles. The van der Waals surface area contributed by atoms with Gasteiger partial charge in [-0.15, -0.1) is 0 Å². The number of nitrogens with zero attached hydrogens (tertiary/aromatic N) is 5. The molecule has 2 fully saturated rings. The van der Waals surface area contributed by atoms with Crippen molar-refractivity contribution in [3.63, 3.8) is 0 Å². The number of Topliss-reactive ketones (excluding diaryl/α,β-unsaturated/α-hetero) is 1. The van der Waals surface area contributed by atoms with E-state index in [2.05, 4.69) is 20.1 Å². The average molecular weight is 487 g/mol. The average Bonchev–Trinajstić information content (AvgIpc) is 3.43. The van der Waals surface area contributed by atoms with E-state index in [0.29, 0.717) is 56.0 Å². The Balaban J connectivity index is 1.11. The standard InChI is InChI=1S/C27H30N6O3/c1-19(34)20-4-6-23(7-5-20)31-13-15-33(16-14-31)26(35)21-8-11-32(12-9-21)27(36)25-17-24(29-30-25)22-3-2-10-28-18-22/h2-7,10,17-18,21H,8-9,11-16H2,1H3,(H,29,30). The van der Waals surface area contributed by atoms with Crippen LogP contribution < -0.4 is 4.90 Å². The molecule has 0 saturated carbocycles. The molecule has 5 rings (SSSR count). The van der Waals surface area contributed by atoms with Gasteiger partial charge in [-0.2, -0.15) is 5.10 Å². The summed E-state index contributed by atoms with van der Waals surface area (Å²) < 4.78 is 0. The van der Waals surface area contributed by atoms with Crippen molar-refractivity contribution in [1.82, 2.24) is 25.0 Å². The Kier molecular flexibility index (Phi) is 6.79. The molecule has 0 radical (unpaired) electrons. The summed E-state index contributed by atoms with van der Waals surface area (Å²) in [7, 11) is 0. The first kappa shape index (κ1) is 23.7. The van der Waals surface area contributed by atoms with Crippen molar-refractivity contribution in [2.24, 2.45) is 5.92 Å². The second kappa shape index (κ2) is 10.3. The number of piperidine rings is 1. The van der Waals surface area contributed by atoms with E-state index in [9.17, 15) is 14.4 Å². The quantitative estimate of drug-likeness (QED) is 0.557. The molecule has 2 saturated heterocycles. The molecule has 3 aromatic rings. The number of anilines is 1. The fraction of sp³-hybridized carbons (Fsp3) is 0.370. The van der Waals surface area contributed by atoms with E-state index in [0.717, 1.165) is 24.3 Å². The van der Waals surface area contributed by atoms with Crippen LogP contribution in [0.4, 0.5) is 5.69 Å². The molecule has 1 aromatic carbocycles.